The Labute approximate surface area is 221 Å². The van der Waals surface area contributed by atoms with Crippen molar-refractivity contribution < 1.29 is 23.8 Å². The molecule has 4 aromatic rings. The van der Waals surface area contributed by atoms with Crippen LogP contribution in [-0.4, -0.2) is 25.2 Å². The maximum atomic E-state index is 12.5. The van der Waals surface area contributed by atoms with E-state index in [1.165, 1.54) is 18.9 Å². The Hall–Kier alpha value is -4.91. The van der Waals surface area contributed by atoms with Gasteiger partial charge in [0.25, 0.3) is 5.91 Å². The third-order valence-corrected chi connectivity index (χ3v) is 5.70. The van der Waals surface area contributed by atoms with Gasteiger partial charge in [0.05, 0.1) is 18.9 Å². The highest BCUT2D eigenvalue weighted by Gasteiger charge is 2.13. The van der Waals surface area contributed by atoms with Gasteiger partial charge in [-0.05, 0) is 79.6 Å². The van der Waals surface area contributed by atoms with Gasteiger partial charge in [0.15, 0.2) is 11.5 Å². The van der Waals surface area contributed by atoms with E-state index in [2.05, 4.69) is 10.5 Å². The van der Waals surface area contributed by atoms with E-state index in [0.29, 0.717) is 34.8 Å². The highest BCUT2D eigenvalue weighted by atomic mass is 16.6. The predicted octanol–water partition coefficient (Wildman–Crippen LogP) is 5.87. The fraction of sp³-hybridized carbons (Fsp3) is 0.129. The molecule has 0 saturated heterocycles. The number of benzene rings is 4. The number of hydrogen-bond acceptors (Lipinski definition) is 6. The number of aryl methyl sites for hydroxylation is 2. The maximum absolute atomic E-state index is 12.5. The molecule has 0 aliphatic heterocycles. The first-order valence-electron chi connectivity index (χ1n) is 12.0. The summed E-state index contributed by atoms with van der Waals surface area (Å²) in [5, 5.41) is 4.03. The SMILES string of the molecule is COc1cc(/C=N/NC(=O)c2ccc(OCc3ccc(C)cc3)cc2)ccc1OC(=O)c1ccc(C)cc1. The van der Waals surface area contributed by atoms with Gasteiger partial charge in [-0.25, -0.2) is 10.2 Å². The Morgan fingerprint density at radius 3 is 2.08 bits per heavy atom. The zero-order chi connectivity index (χ0) is 26.9. The summed E-state index contributed by atoms with van der Waals surface area (Å²) in [4.78, 5) is 24.9. The number of carbonyl (C=O) groups is 2. The second kappa shape index (κ2) is 12.4. The number of nitrogens with one attached hydrogen (secondary N) is 1. The standard InChI is InChI=1S/C31H28N2O5/c1-21-4-8-23(9-5-21)20-37-27-15-13-25(14-16-27)30(34)33-32-19-24-10-17-28(29(18-24)36-3)38-31(35)26-11-6-22(2)7-12-26/h4-19H,20H2,1-3H3,(H,33,34)/b32-19+. The molecule has 0 aromatic heterocycles. The van der Waals surface area contributed by atoms with Gasteiger partial charge in [-0.2, -0.15) is 5.10 Å². The van der Waals surface area contributed by atoms with Crippen LogP contribution in [0.3, 0.4) is 0 Å². The first-order chi connectivity index (χ1) is 18.4. The molecule has 1 amide bonds. The van der Waals surface area contributed by atoms with Gasteiger partial charge >= 0.3 is 5.97 Å². The Bertz CT molecular complexity index is 1430. The molecule has 0 bridgehead atoms. The van der Waals surface area contributed by atoms with Gasteiger partial charge in [0, 0.05) is 5.56 Å². The van der Waals surface area contributed by atoms with Crippen molar-refractivity contribution in [2.75, 3.05) is 7.11 Å². The number of methoxy groups -OCH3 is 1. The van der Waals surface area contributed by atoms with E-state index < -0.39 is 5.97 Å². The van der Waals surface area contributed by atoms with Gasteiger partial charge in [-0.1, -0.05) is 47.5 Å². The summed E-state index contributed by atoms with van der Waals surface area (Å²) < 4.78 is 16.6. The summed E-state index contributed by atoms with van der Waals surface area (Å²) >= 11 is 0. The fourth-order valence-corrected chi connectivity index (χ4v) is 3.48. The molecule has 0 spiro atoms. The van der Waals surface area contributed by atoms with Crippen molar-refractivity contribution in [3.63, 3.8) is 0 Å². The average molecular weight is 509 g/mol. The van der Waals surface area contributed by atoms with E-state index in [0.717, 1.165) is 11.1 Å². The largest absolute Gasteiger partial charge is 0.493 e. The Kier molecular flexibility index (Phi) is 8.51. The van der Waals surface area contributed by atoms with Gasteiger partial charge in [0.1, 0.15) is 12.4 Å². The molecular formula is C31H28N2O5. The van der Waals surface area contributed by atoms with Gasteiger partial charge in [-0.3, -0.25) is 4.79 Å². The number of hydrogen-bond donors (Lipinski definition) is 1. The average Bonchev–Trinajstić information content (AvgIpc) is 2.94. The summed E-state index contributed by atoms with van der Waals surface area (Å²) in [7, 11) is 1.48. The van der Waals surface area contributed by atoms with Crippen LogP contribution >= 0.6 is 0 Å². The summed E-state index contributed by atoms with van der Waals surface area (Å²) in [5.74, 6) is 0.470. The van der Waals surface area contributed by atoms with Crippen molar-refractivity contribution in [1.82, 2.24) is 5.43 Å². The van der Waals surface area contributed by atoms with Crippen LogP contribution in [-0.2, 0) is 6.61 Å². The normalized spacial score (nSPS) is 10.7. The first-order valence-corrected chi connectivity index (χ1v) is 12.0. The summed E-state index contributed by atoms with van der Waals surface area (Å²) in [5.41, 5.74) is 7.36. The molecule has 7 nitrogen and oxygen atoms in total. The highest BCUT2D eigenvalue weighted by molar-refractivity contribution is 5.95. The number of carbonyl (C=O) groups excluding carboxylic acids is 2. The minimum Gasteiger partial charge on any atom is -0.493 e. The van der Waals surface area contributed by atoms with Gasteiger partial charge in [0.2, 0.25) is 0 Å². The first kappa shape index (κ1) is 26.2. The lowest BCUT2D eigenvalue weighted by Crippen LogP contribution is -2.17. The predicted molar refractivity (Wildman–Crippen MR) is 146 cm³/mol. The number of amides is 1. The second-order valence-electron chi connectivity index (χ2n) is 8.66. The zero-order valence-electron chi connectivity index (χ0n) is 21.4. The van der Waals surface area contributed by atoms with Crippen LogP contribution in [0.25, 0.3) is 0 Å². The van der Waals surface area contributed by atoms with Crippen molar-refractivity contribution in [2.45, 2.75) is 20.5 Å². The van der Waals surface area contributed by atoms with Crippen LogP contribution in [0.2, 0.25) is 0 Å². The molecule has 0 heterocycles. The lowest BCUT2D eigenvalue weighted by atomic mass is 10.1. The molecule has 0 aliphatic rings. The molecule has 0 atom stereocenters. The molecule has 0 radical (unpaired) electrons. The number of esters is 1. The Morgan fingerprint density at radius 2 is 1.42 bits per heavy atom. The third-order valence-electron chi connectivity index (χ3n) is 5.70. The van der Waals surface area contributed by atoms with Crippen LogP contribution < -0.4 is 19.6 Å². The molecule has 0 aliphatic carbocycles. The van der Waals surface area contributed by atoms with Crippen molar-refractivity contribution in [2.24, 2.45) is 5.10 Å². The molecule has 1 N–H and O–H groups in total. The summed E-state index contributed by atoms with van der Waals surface area (Å²) in [6.07, 6.45) is 1.48. The zero-order valence-corrected chi connectivity index (χ0v) is 21.4. The number of hydrazone groups is 1. The van der Waals surface area contributed by atoms with E-state index in [4.69, 9.17) is 14.2 Å². The van der Waals surface area contributed by atoms with E-state index in [1.54, 1.807) is 54.6 Å². The summed E-state index contributed by atoms with van der Waals surface area (Å²) in [6, 6.07) is 27.1. The van der Waals surface area contributed by atoms with Crippen molar-refractivity contribution in [1.29, 1.82) is 0 Å². The fourth-order valence-electron chi connectivity index (χ4n) is 3.48. The molecule has 4 aromatic carbocycles. The minimum absolute atomic E-state index is 0.281. The molecule has 0 fully saturated rings. The molecule has 38 heavy (non-hydrogen) atoms. The number of nitrogens with zero attached hydrogens (tertiary/aromatic N) is 1. The molecule has 4 rings (SSSR count). The van der Waals surface area contributed by atoms with Gasteiger partial charge in [-0.15, -0.1) is 0 Å². The maximum Gasteiger partial charge on any atom is 0.343 e. The Morgan fingerprint density at radius 1 is 0.789 bits per heavy atom. The quantitative estimate of drug-likeness (QED) is 0.132. The highest BCUT2D eigenvalue weighted by Crippen LogP contribution is 2.28. The second-order valence-corrected chi connectivity index (χ2v) is 8.66. The van der Waals surface area contributed by atoms with Gasteiger partial charge < -0.3 is 14.2 Å². The van der Waals surface area contributed by atoms with Crippen LogP contribution in [0.4, 0.5) is 0 Å². The van der Waals surface area contributed by atoms with Crippen LogP contribution in [0.15, 0.2) is 96.1 Å². The topological polar surface area (TPSA) is 86.2 Å². The lowest BCUT2D eigenvalue weighted by Gasteiger charge is -2.10. The molecule has 0 saturated carbocycles. The third kappa shape index (κ3) is 7.07. The van der Waals surface area contributed by atoms with Crippen molar-refractivity contribution in [3.8, 4) is 17.2 Å². The van der Waals surface area contributed by atoms with E-state index in [-0.39, 0.29) is 11.7 Å². The van der Waals surface area contributed by atoms with Crippen LogP contribution in [0.1, 0.15) is 43.0 Å². The van der Waals surface area contributed by atoms with Crippen LogP contribution in [0.5, 0.6) is 17.2 Å². The van der Waals surface area contributed by atoms with Crippen molar-refractivity contribution >= 4 is 18.1 Å². The minimum atomic E-state index is -0.483. The monoisotopic (exact) mass is 508 g/mol. The molecule has 7 heteroatoms. The van der Waals surface area contributed by atoms with E-state index in [1.807, 2.05) is 50.2 Å². The summed E-state index contributed by atoms with van der Waals surface area (Å²) in [6.45, 7) is 4.43. The molecule has 0 unspecified atom stereocenters. The Balaban J connectivity index is 1.31. The molecular weight excluding hydrogens is 480 g/mol. The smallest absolute Gasteiger partial charge is 0.343 e. The van der Waals surface area contributed by atoms with Crippen LogP contribution in [0, 0.1) is 13.8 Å². The van der Waals surface area contributed by atoms with E-state index >= 15 is 0 Å². The lowest BCUT2D eigenvalue weighted by molar-refractivity contribution is 0.0729. The van der Waals surface area contributed by atoms with Crippen molar-refractivity contribution in [3.05, 3.63) is 124 Å². The molecule has 192 valence electrons. The number of ether oxygens (including phenoxy) is 3. The number of rotatable bonds is 9. The van der Waals surface area contributed by atoms with E-state index in [9.17, 15) is 9.59 Å².